The monoisotopic (exact) mass is 347 g/mol. The van der Waals surface area contributed by atoms with Gasteiger partial charge in [-0.25, -0.2) is 4.39 Å². The van der Waals surface area contributed by atoms with Crippen LogP contribution in [-0.4, -0.2) is 17.8 Å². The molecule has 0 aromatic heterocycles. The number of rotatable bonds is 3. The number of halogens is 3. The number of hydrogen-bond acceptors (Lipinski definition) is 1. The van der Waals surface area contributed by atoms with Gasteiger partial charge in [0, 0.05) is 11.9 Å². The SMILES string of the molecule is O=C(NCC1CCCC(Cl)C1)c1cccc(F)c1Br. The van der Waals surface area contributed by atoms with Crippen LogP contribution in [0.2, 0.25) is 0 Å². The molecular weight excluding hydrogens is 333 g/mol. The Morgan fingerprint density at radius 3 is 3.00 bits per heavy atom. The Bertz CT molecular complexity index is 469. The molecule has 1 amide bonds. The van der Waals surface area contributed by atoms with Crippen LogP contribution in [0.3, 0.4) is 0 Å². The first kappa shape index (κ1) is 14.8. The first-order valence-electron chi connectivity index (χ1n) is 6.44. The van der Waals surface area contributed by atoms with Gasteiger partial charge in [-0.2, -0.15) is 0 Å². The minimum Gasteiger partial charge on any atom is -0.352 e. The average Bonchev–Trinajstić information content (AvgIpc) is 2.39. The zero-order valence-electron chi connectivity index (χ0n) is 10.5. The second kappa shape index (κ2) is 6.71. The highest BCUT2D eigenvalue weighted by atomic mass is 79.9. The molecule has 5 heteroatoms. The van der Waals surface area contributed by atoms with E-state index in [1.165, 1.54) is 12.1 Å². The summed E-state index contributed by atoms with van der Waals surface area (Å²) in [7, 11) is 0. The summed E-state index contributed by atoms with van der Waals surface area (Å²) in [5.74, 6) is -0.248. The zero-order chi connectivity index (χ0) is 13.8. The third-order valence-electron chi connectivity index (χ3n) is 3.47. The lowest BCUT2D eigenvalue weighted by molar-refractivity contribution is 0.0942. The molecule has 1 N–H and O–H groups in total. The van der Waals surface area contributed by atoms with E-state index in [9.17, 15) is 9.18 Å². The number of carbonyl (C=O) groups excluding carboxylic acids is 1. The van der Waals surface area contributed by atoms with E-state index in [0.717, 1.165) is 25.7 Å². The molecule has 2 atom stereocenters. The summed E-state index contributed by atoms with van der Waals surface area (Å²) in [6, 6.07) is 4.46. The molecule has 1 saturated carbocycles. The van der Waals surface area contributed by atoms with Crippen molar-refractivity contribution < 1.29 is 9.18 Å². The summed E-state index contributed by atoms with van der Waals surface area (Å²) in [5, 5.41) is 3.08. The molecule has 2 rings (SSSR count). The highest BCUT2D eigenvalue weighted by Gasteiger charge is 2.21. The lowest BCUT2D eigenvalue weighted by Crippen LogP contribution is -2.32. The average molecular weight is 349 g/mol. The predicted molar refractivity (Wildman–Crippen MR) is 78.0 cm³/mol. The van der Waals surface area contributed by atoms with Gasteiger partial charge in [-0.05, 0) is 53.2 Å². The Morgan fingerprint density at radius 1 is 1.47 bits per heavy atom. The summed E-state index contributed by atoms with van der Waals surface area (Å²) >= 11 is 9.22. The first-order chi connectivity index (χ1) is 9.08. The number of amides is 1. The lowest BCUT2D eigenvalue weighted by Gasteiger charge is -2.25. The number of hydrogen-bond donors (Lipinski definition) is 1. The number of carbonyl (C=O) groups is 1. The van der Waals surface area contributed by atoms with Crippen LogP contribution in [0.5, 0.6) is 0 Å². The highest BCUT2D eigenvalue weighted by Crippen LogP contribution is 2.27. The molecule has 19 heavy (non-hydrogen) atoms. The van der Waals surface area contributed by atoms with Gasteiger partial charge in [0.05, 0.1) is 10.0 Å². The summed E-state index contributed by atoms with van der Waals surface area (Å²) in [6.45, 7) is 0.602. The van der Waals surface area contributed by atoms with Gasteiger partial charge in [0.2, 0.25) is 0 Å². The van der Waals surface area contributed by atoms with Crippen LogP contribution in [0.4, 0.5) is 4.39 Å². The van der Waals surface area contributed by atoms with Crippen LogP contribution in [0.1, 0.15) is 36.0 Å². The fourth-order valence-electron chi connectivity index (χ4n) is 2.42. The largest absolute Gasteiger partial charge is 0.352 e. The quantitative estimate of drug-likeness (QED) is 0.818. The topological polar surface area (TPSA) is 29.1 Å². The van der Waals surface area contributed by atoms with Crippen molar-refractivity contribution in [2.45, 2.75) is 31.1 Å². The standard InChI is InChI=1S/C14H16BrClFNO/c15-13-11(5-2-6-12(13)17)14(19)18-8-9-3-1-4-10(16)7-9/h2,5-6,9-10H,1,3-4,7-8H2,(H,18,19). The van der Waals surface area contributed by atoms with Gasteiger partial charge in [-0.3, -0.25) is 4.79 Å². The summed E-state index contributed by atoms with van der Waals surface area (Å²) in [5.41, 5.74) is 0.332. The fourth-order valence-corrected chi connectivity index (χ4v) is 3.27. The van der Waals surface area contributed by atoms with Gasteiger partial charge < -0.3 is 5.32 Å². The number of nitrogens with one attached hydrogen (secondary N) is 1. The van der Waals surface area contributed by atoms with Gasteiger partial charge in [0.1, 0.15) is 5.82 Å². The van der Waals surface area contributed by atoms with E-state index in [2.05, 4.69) is 21.2 Å². The molecule has 0 saturated heterocycles. The zero-order valence-corrected chi connectivity index (χ0v) is 12.8. The molecule has 0 radical (unpaired) electrons. The fraction of sp³-hybridized carbons (Fsp3) is 0.500. The minimum absolute atomic E-state index is 0.214. The molecule has 1 aliphatic carbocycles. The third kappa shape index (κ3) is 3.93. The summed E-state index contributed by atoms with van der Waals surface area (Å²) in [6.07, 6.45) is 4.19. The second-order valence-electron chi connectivity index (χ2n) is 4.94. The van der Waals surface area contributed by atoms with Crippen LogP contribution in [0.25, 0.3) is 0 Å². The molecule has 1 aromatic carbocycles. The van der Waals surface area contributed by atoms with Crippen molar-refractivity contribution in [3.05, 3.63) is 34.1 Å². The Morgan fingerprint density at radius 2 is 2.26 bits per heavy atom. The van der Waals surface area contributed by atoms with Gasteiger partial charge in [0.25, 0.3) is 5.91 Å². The Kier molecular flexibility index (Phi) is 5.22. The van der Waals surface area contributed by atoms with E-state index in [1.54, 1.807) is 6.07 Å². The van der Waals surface area contributed by atoms with Crippen LogP contribution in [0, 0.1) is 11.7 Å². The summed E-state index contributed by atoms with van der Waals surface area (Å²) < 4.78 is 13.6. The van der Waals surface area contributed by atoms with Crippen molar-refractivity contribution in [2.75, 3.05) is 6.54 Å². The van der Waals surface area contributed by atoms with E-state index >= 15 is 0 Å². The van der Waals surface area contributed by atoms with Crippen LogP contribution >= 0.6 is 27.5 Å². The molecule has 1 aromatic rings. The van der Waals surface area contributed by atoms with Crippen molar-refractivity contribution in [2.24, 2.45) is 5.92 Å². The van der Waals surface area contributed by atoms with E-state index in [0.29, 0.717) is 18.0 Å². The maximum Gasteiger partial charge on any atom is 0.252 e. The van der Waals surface area contributed by atoms with Crippen LogP contribution < -0.4 is 5.32 Å². The Labute approximate surface area is 125 Å². The maximum atomic E-state index is 13.3. The molecule has 0 aliphatic heterocycles. The second-order valence-corrected chi connectivity index (χ2v) is 6.35. The van der Waals surface area contributed by atoms with Crippen molar-refractivity contribution >= 4 is 33.4 Å². The molecule has 2 nitrogen and oxygen atoms in total. The van der Waals surface area contributed by atoms with Crippen molar-refractivity contribution in [1.82, 2.24) is 5.32 Å². The van der Waals surface area contributed by atoms with Crippen molar-refractivity contribution in [3.8, 4) is 0 Å². The molecule has 2 unspecified atom stereocenters. The van der Waals surface area contributed by atoms with Crippen molar-refractivity contribution in [3.63, 3.8) is 0 Å². The number of benzene rings is 1. The molecule has 1 aliphatic rings. The molecular formula is C14H16BrClFNO. The minimum atomic E-state index is -0.425. The van der Waals surface area contributed by atoms with Gasteiger partial charge >= 0.3 is 0 Å². The van der Waals surface area contributed by atoms with Crippen molar-refractivity contribution in [1.29, 1.82) is 0 Å². The highest BCUT2D eigenvalue weighted by molar-refractivity contribution is 9.10. The molecule has 104 valence electrons. The Hall–Kier alpha value is -0.610. The van der Waals surface area contributed by atoms with E-state index in [-0.39, 0.29) is 15.8 Å². The van der Waals surface area contributed by atoms with E-state index in [1.807, 2.05) is 0 Å². The van der Waals surface area contributed by atoms with E-state index in [4.69, 9.17) is 11.6 Å². The first-order valence-corrected chi connectivity index (χ1v) is 7.67. The molecule has 0 spiro atoms. The van der Waals surface area contributed by atoms with E-state index < -0.39 is 5.82 Å². The maximum absolute atomic E-state index is 13.3. The lowest BCUT2D eigenvalue weighted by atomic mass is 9.89. The number of alkyl halides is 1. The molecule has 0 heterocycles. The van der Waals surface area contributed by atoms with Gasteiger partial charge in [0.15, 0.2) is 0 Å². The smallest absolute Gasteiger partial charge is 0.252 e. The normalized spacial score (nSPS) is 23.1. The predicted octanol–water partition coefficient (Wildman–Crippen LogP) is 4.12. The van der Waals surface area contributed by atoms with Crippen LogP contribution in [0.15, 0.2) is 22.7 Å². The summed E-state index contributed by atoms with van der Waals surface area (Å²) in [4.78, 5) is 12.0. The third-order valence-corrected chi connectivity index (χ3v) is 4.67. The molecule has 0 bridgehead atoms. The van der Waals surface area contributed by atoms with Gasteiger partial charge in [-0.15, -0.1) is 11.6 Å². The van der Waals surface area contributed by atoms with Gasteiger partial charge in [-0.1, -0.05) is 12.5 Å². The molecule has 1 fully saturated rings. The Balaban J connectivity index is 1.92. The van der Waals surface area contributed by atoms with Crippen LogP contribution in [-0.2, 0) is 0 Å².